The van der Waals surface area contributed by atoms with E-state index >= 15 is 0 Å². The highest BCUT2D eigenvalue weighted by atomic mass is 35.5. The van der Waals surface area contributed by atoms with Gasteiger partial charge >= 0.3 is 12.0 Å². The number of carbonyl (C=O) groups is 1. The molecule has 0 bridgehead atoms. The quantitative estimate of drug-likeness (QED) is 0.436. The van der Waals surface area contributed by atoms with Crippen molar-refractivity contribution in [2.45, 2.75) is 0 Å². The van der Waals surface area contributed by atoms with Crippen LogP contribution >= 0.6 is 11.6 Å². The lowest BCUT2D eigenvalue weighted by Crippen LogP contribution is -2.24. The molecule has 154 valence electrons. The van der Waals surface area contributed by atoms with Gasteiger partial charge in [0.1, 0.15) is 5.69 Å². The lowest BCUT2D eigenvalue weighted by atomic mass is 10.3. The molecule has 0 saturated heterocycles. The molecule has 0 unspecified atom stereocenters. The van der Waals surface area contributed by atoms with Crippen molar-refractivity contribution in [1.29, 1.82) is 0 Å². The van der Waals surface area contributed by atoms with Crippen molar-refractivity contribution < 1.29 is 19.0 Å². The lowest BCUT2D eigenvalue weighted by molar-refractivity contribution is 0.252. The molecule has 0 aliphatic heterocycles. The molecule has 0 aliphatic rings. The maximum atomic E-state index is 12.0. The van der Waals surface area contributed by atoms with Crippen LogP contribution in [0.4, 0.5) is 10.5 Å². The largest absolute Gasteiger partial charge is 0.481 e. The minimum Gasteiger partial charge on any atom is -0.481 e. The molecular weight excluding hydrogens is 412 g/mol. The Balaban J connectivity index is 1.68. The van der Waals surface area contributed by atoms with E-state index in [-0.39, 0.29) is 17.8 Å². The van der Waals surface area contributed by atoms with Crippen molar-refractivity contribution in [3.05, 3.63) is 59.4 Å². The summed E-state index contributed by atoms with van der Waals surface area (Å²) < 4.78 is 15.9. The first-order chi connectivity index (χ1) is 14.6. The Morgan fingerprint density at radius 2 is 1.87 bits per heavy atom. The number of urea groups is 1. The molecule has 2 amide bonds. The number of benzene rings is 1. The molecule has 0 saturated carbocycles. The Labute approximate surface area is 176 Å². The van der Waals surface area contributed by atoms with E-state index in [0.717, 1.165) is 0 Å². The van der Waals surface area contributed by atoms with Crippen LogP contribution in [0.3, 0.4) is 0 Å². The normalized spacial score (nSPS) is 10.5. The number of hydrazone groups is 1. The van der Waals surface area contributed by atoms with Gasteiger partial charge in [0.15, 0.2) is 5.75 Å². The molecule has 0 radical (unpaired) electrons. The third-order valence-electron chi connectivity index (χ3n) is 3.51. The summed E-state index contributed by atoms with van der Waals surface area (Å²) in [5.74, 6) is 0.860. The van der Waals surface area contributed by atoms with Crippen molar-refractivity contribution in [2.75, 3.05) is 19.5 Å². The molecule has 10 nitrogen and oxygen atoms in total. The van der Waals surface area contributed by atoms with Crippen LogP contribution in [0.15, 0.2) is 53.8 Å². The number of aromatic nitrogens is 3. The number of amides is 2. The number of halogens is 1. The van der Waals surface area contributed by atoms with Gasteiger partial charge < -0.3 is 19.5 Å². The van der Waals surface area contributed by atoms with E-state index in [4.69, 9.17) is 25.8 Å². The number of nitrogens with zero attached hydrogens (tertiary/aromatic N) is 4. The Morgan fingerprint density at radius 3 is 2.57 bits per heavy atom. The van der Waals surface area contributed by atoms with Crippen LogP contribution in [0.2, 0.25) is 5.02 Å². The lowest BCUT2D eigenvalue weighted by Gasteiger charge is -2.09. The highest BCUT2D eigenvalue weighted by molar-refractivity contribution is 6.30. The van der Waals surface area contributed by atoms with E-state index in [1.165, 1.54) is 26.5 Å². The molecule has 30 heavy (non-hydrogen) atoms. The number of nitrogens with one attached hydrogen (secondary N) is 2. The highest BCUT2D eigenvalue weighted by Crippen LogP contribution is 2.24. The van der Waals surface area contributed by atoms with Crippen LogP contribution in [-0.2, 0) is 0 Å². The Bertz CT molecular complexity index is 1040. The molecule has 2 aromatic heterocycles. The Hall–Kier alpha value is -3.92. The van der Waals surface area contributed by atoms with Crippen molar-refractivity contribution in [2.24, 2.45) is 5.10 Å². The molecule has 0 fully saturated rings. The van der Waals surface area contributed by atoms with Crippen LogP contribution in [-0.4, -0.2) is 41.4 Å². The third-order valence-corrected chi connectivity index (χ3v) is 3.75. The van der Waals surface area contributed by atoms with E-state index in [9.17, 15) is 4.79 Å². The van der Waals surface area contributed by atoms with Gasteiger partial charge in [-0.25, -0.2) is 10.2 Å². The first-order valence-corrected chi connectivity index (χ1v) is 8.90. The maximum absolute atomic E-state index is 12.0. The maximum Gasteiger partial charge on any atom is 0.339 e. The second-order valence-electron chi connectivity index (χ2n) is 5.56. The van der Waals surface area contributed by atoms with Crippen LogP contribution in [0.25, 0.3) is 0 Å². The first kappa shape index (κ1) is 20.8. The molecule has 3 rings (SSSR count). The minimum absolute atomic E-state index is 0.000471. The summed E-state index contributed by atoms with van der Waals surface area (Å²) in [7, 11) is 2.93. The van der Waals surface area contributed by atoms with Crippen LogP contribution < -0.4 is 25.0 Å². The zero-order valence-electron chi connectivity index (χ0n) is 16.0. The van der Waals surface area contributed by atoms with Gasteiger partial charge in [-0.2, -0.15) is 15.1 Å². The standard InChI is InChI=1S/C19H17ClN6O4/c1-28-16-10-17(29-2)25-19(24-16)30-15-7-4-8-21-14(15)11-22-26-18(27)23-13-6-3-5-12(20)9-13/h3-11H,1-2H3,(H2,23,26,27)/b22-11+. The average molecular weight is 429 g/mol. The predicted molar refractivity (Wildman–Crippen MR) is 111 cm³/mol. The van der Waals surface area contributed by atoms with Gasteiger partial charge in [0, 0.05) is 16.9 Å². The highest BCUT2D eigenvalue weighted by Gasteiger charge is 2.10. The fourth-order valence-electron chi connectivity index (χ4n) is 2.20. The van der Waals surface area contributed by atoms with Gasteiger partial charge in [0.25, 0.3) is 0 Å². The van der Waals surface area contributed by atoms with Gasteiger partial charge in [-0.3, -0.25) is 4.98 Å². The number of ether oxygens (including phenoxy) is 3. The van der Waals surface area contributed by atoms with E-state index in [0.29, 0.717) is 22.2 Å². The zero-order chi connectivity index (χ0) is 21.3. The second-order valence-corrected chi connectivity index (χ2v) is 5.99. The van der Waals surface area contributed by atoms with E-state index in [1.807, 2.05) is 0 Å². The topological polar surface area (TPSA) is 120 Å². The Morgan fingerprint density at radius 1 is 1.10 bits per heavy atom. The SMILES string of the molecule is COc1cc(OC)nc(Oc2cccnc2/C=N/NC(=O)Nc2cccc(Cl)c2)n1. The predicted octanol–water partition coefficient (Wildman–Crippen LogP) is 3.49. The van der Waals surface area contributed by atoms with Crippen LogP contribution in [0.5, 0.6) is 23.5 Å². The van der Waals surface area contributed by atoms with Crippen LogP contribution in [0.1, 0.15) is 5.69 Å². The zero-order valence-corrected chi connectivity index (χ0v) is 16.8. The Kier molecular flexibility index (Phi) is 6.95. The van der Waals surface area contributed by atoms with Crippen molar-refractivity contribution in [3.8, 4) is 23.5 Å². The van der Waals surface area contributed by atoms with Crippen molar-refractivity contribution >= 4 is 29.5 Å². The molecule has 11 heteroatoms. The number of anilines is 1. The van der Waals surface area contributed by atoms with Gasteiger partial charge in [-0.1, -0.05) is 17.7 Å². The molecule has 1 aromatic carbocycles. The summed E-state index contributed by atoms with van der Waals surface area (Å²) in [6, 6.07) is 11.0. The summed E-state index contributed by atoms with van der Waals surface area (Å²) >= 11 is 5.89. The van der Waals surface area contributed by atoms with E-state index in [2.05, 4.69) is 30.8 Å². The summed E-state index contributed by atoms with van der Waals surface area (Å²) in [6.07, 6.45) is 2.87. The average Bonchev–Trinajstić information content (AvgIpc) is 2.74. The fourth-order valence-corrected chi connectivity index (χ4v) is 2.39. The summed E-state index contributed by atoms with van der Waals surface area (Å²) in [5, 5.41) is 6.98. The van der Waals surface area contributed by atoms with Crippen molar-refractivity contribution in [3.63, 3.8) is 0 Å². The fraction of sp³-hybridized carbons (Fsp3) is 0.105. The number of carbonyl (C=O) groups excluding carboxylic acids is 1. The van der Waals surface area contributed by atoms with Gasteiger partial charge in [0.05, 0.1) is 26.5 Å². The smallest absolute Gasteiger partial charge is 0.339 e. The molecular formula is C19H17ClN6O4. The number of hydrogen-bond acceptors (Lipinski definition) is 8. The minimum atomic E-state index is -0.548. The monoisotopic (exact) mass is 428 g/mol. The molecule has 0 atom stereocenters. The molecule has 0 aliphatic carbocycles. The summed E-state index contributed by atoms with van der Waals surface area (Å²) in [4.78, 5) is 24.3. The summed E-state index contributed by atoms with van der Waals surface area (Å²) in [5.41, 5.74) is 3.20. The van der Waals surface area contributed by atoms with Gasteiger partial charge in [-0.15, -0.1) is 0 Å². The second kappa shape index (κ2) is 10.0. The van der Waals surface area contributed by atoms with Crippen LogP contribution in [0, 0.1) is 0 Å². The summed E-state index contributed by atoms with van der Waals surface area (Å²) in [6.45, 7) is 0. The third kappa shape index (κ3) is 5.79. The first-order valence-electron chi connectivity index (χ1n) is 8.53. The van der Waals surface area contributed by atoms with E-state index < -0.39 is 6.03 Å². The molecule has 3 aromatic rings. The molecule has 0 spiro atoms. The van der Waals surface area contributed by atoms with E-state index in [1.54, 1.807) is 42.6 Å². The van der Waals surface area contributed by atoms with Gasteiger partial charge in [-0.05, 0) is 30.3 Å². The number of methoxy groups -OCH3 is 2. The molecule has 2 heterocycles. The number of rotatable bonds is 7. The number of pyridine rings is 1. The van der Waals surface area contributed by atoms with Gasteiger partial charge in [0.2, 0.25) is 11.8 Å². The van der Waals surface area contributed by atoms with Crippen molar-refractivity contribution in [1.82, 2.24) is 20.4 Å². The number of hydrogen-bond donors (Lipinski definition) is 2. The molecule has 2 N–H and O–H groups in total.